The number of carbonyl (C=O) groups is 1. The van der Waals surface area contributed by atoms with Crippen molar-refractivity contribution < 1.29 is 14.3 Å². The molecule has 180 valence electrons. The van der Waals surface area contributed by atoms with Gasteiger partial charge in [0.15, 0.2) is 5.82 Å². The van der Waals surface area contributed by atoms with E-state index in [0.717, 1.165) is 49.6 Å². The molecule has 1 aliphatic heterocycles. The van der Waals surface area contributed by atoms with E-state index in [4.69, 9.17) is 9.47 Å². The average molecular weight is 464 g/mol. The first-order chi connectivity index (χ1) is 16.7. The van der Waals surface area contributed by atoms with Gasteiger partial charge in [-0.25, -0.2) is 9.67 Å². The molecule has 0 radical (unpaired) electrons. The Labute approximate surface area is 200 Å². The van der Waals surface area contributed by atoms with Crippen molar-refractivity contribution in [1.29, 1.82) is 0 Å². The Hall–Kier alpha value is -3.23. The highest BCUT2D eigenvalue weighted by Gasteiger charge is 2.19. The Morgan fingerprint density at radius 3 is 2.85 bits per heavy atom. The second kappa shape index (κ2) is 11.8. The van der Waals surface area contributed by atoms with Crippen molar-refractivity contribution >= 4 is 5.91 Å². The fraction of sp³-hybridized carbons (Fsp3) is 0.423. The Morgan fingerprint density at radius 1 is 1.24 bits per heavy atom. The summed E-state index contributed by atoms with van der Waals surface area (Å²) < 4.78 is 13.1. The molecule has 3 heterocycles. The van der Waals surface area contributed by atoms with Crippen LogP contribution in [0.1, 0.15) is 41.4 Å². The maximum absolute atomic E-state index is 12.9. The van der Waals surface area contributed by atoms with Crippen LogP contribution < -0.4 is 10.1 Å². The molecule has 0 spiro atoms. The first kappa shape index (κ1) is 23.9. The SMILES string of the molecule is CCc1c(C(=O)NCc2cccc(OCCN(C)C3CCOCC3)c2)cnn1-c1ccccn1. The molecule has 1 amide bonds. The van der Waals surface area contributed by atoms with Gasteiger partial charge in [-0.1, -0.05) is 25.1 Å². The number of carbonyl (C=O) groups excluding carboxylic acids is 1. The third kappa shape index (κ3) is 6.01. The van der Waals surface area contributed by atoms with Gasteiger partial charge in [0.2, 0.25) is 0 Å². The Kier molecular flexibility index (Phi) is 8.27. The number of nitrogens with one attached hydrogen (secondary N) is 1. The van der Waals surface area contributed by atoms with Gasteiger partial charge in [-0.3, -0.25) is 9.69 Å². The summed E-state index contributed by atoms with van der Waals surface area (Å²) in [6.45, 7) is 5.59. The third-order valence-electron chi connectivity index (χ3n) is 6.19. The summed E-state index contributed by atoms with van der Waals surface area (Å²) in [5, 5.41) is 7.40. The van der Waals surface area contributed by atoms with Crippen LogP contribution >= 0.6 is 0 Å². The number of likely N-dealkylation sites (N-methyl/N-ethyl adjacent to an activating group) is 1. The maximum atomic E-state index is 12.9. The minimum absolute atomic E-state index is 0.150. The predicted molar refractivity (Wildman–Crippen MR) is 130 cm³/mol. The van der Waals surface area contributed by atoms with E-state index in [1.54, 1.807) is 17.1 Å². The summed E-state index contributed by atoms with van der Waals surface area (Å²) in [5.41, 5.74) is 2.39. The Bertz CT molecular complexity index is 1060. The van der Waals surface area contributed by atoms with Gasteiger partial charge in [-0.15, -0.1) is 0 Å². The number of nitrogens with zero attached hydrogens (tertiary/aromatic N) is 4. The van der Waals surface area contributed by atoms with Gasteiger partial charge in [0.1, 0.15) is 12.4 Å². The maximum Gasteiger partial charge on any atom is 0.255 e. The molecule has 1 N–H and O–H groups in total. The minimum Gasteiger partial charge on any atom is -0.492 e. The van der Waals surface area contributed by atoms with Crippen LogP contribution in [-0.4, -0.2) is 65.0 Å². The van der Waals surface area contributed by atoms with Crippen LogP contribution in [-0.2, 0) is 17.7 Å². The van der Waals surface area contributed by atoms with E-state index in [0.29, 0.717) is 37.0 Å². The van der Waals surface area contributed by atoms with E-state index in [1.165, 1.54) is 0 Å². The third-order valence-corrected chi connectivity index (χ3v) is 6.19. The van der Waals surface area contributed by atoms with Gasteiger partial charge in [-0.05, 0) is 56.1 Å². The van der Waals surface area contributed by atoms with Crippen molar-refractivity contribution in [3.05, 3.63) is 71.7 Å². The molecule has 0 bridgehead atoms. The minimum atomic E-state index is -0.150. The zero-order chi connectivity index (χ0) is 23.8. The molecule has 0 atom stereocenters. The number of hydrogen-bond acceptors (Lipinski definition) is 6. The molecule has 0 unspecified atom stereocenters. The van der Waals surface area contributed by atoms with Crippen LogP contribution in [0.4, 0.5) is 0 Å². The largest absolute Gasteiger partial charge is 0.492 e. The van der Waals surface area contributed by atoms with Gasteiger partial charge >= 0.3 is 0 Å². The number of ether oxygens (including phenoxy) is 2. The fourth-order valence-corrected chi connectivity index (χ4v) is 4.22. The van der Waals surface area contributed by atoms with Crippen molar-refractivity contribution in [2.45, 2.75) is 38.8 Å². The Balaban J connectivity index is 1.30. The summed E-state index contributed by atoms with van der Waals surface area (Å²) in [6, 6.07) is 14.1. The summed E-state index contributed by atoms with van der Waals surface area (Å²) in [4.78, 5) is 19.6. The molecule has 0 aliphatic carbocycles. The highest BCUT2D eigenvalue weighted by atomic mass is 16.5. The van der Waals surface area contributed by atoms with Crippen LogP contribution in [0, 0.1) is 0 Å². The smallest absolute Gasteiger partial charge is 0.255 e. The summed E-state index contributed by atoms with van der Waals surface area (Å²) in [7, 11) is 2.14. The molecular formula is C26H33N5O3. The van der Waals surface area contributed by atoms with Gasteiger partial charge in [0, 0.05) is 38.5 Å². The molecule has 3 aromatic rings. The van der Waals surface area contributed by atoms with Crippen molar-refractivity contribution in [3.63, 3.8) is 0 Å². The zero-order valence-corrected chi connectivity index (χ0v) is 19.9. The topological polar surface area (TPSA) is 81.5 Å². The lowest BCUT2D eigenvalue weighted by Gasteiger charge is -2.31. The van der Waals surface area contributed by atoms with E-state index < -0.39 is 0 Å². The number of benzene rings is 1. The molecule has 1 fully saturated rings. The highest BCUT2D eigenvalue weighted by Crippen LogP contribution is 2.17. The second-order valence-electron chi connectivity index (χ2n) is 8.46. The van der Waals surface area contributed by atoms with Gasteiger partial charge in [0.05, 0.1) is 17.5 Å². The molecule has 1 aromatic carbocycles. The molecule has 4 rings (SSSR count). The molecule has 1 aliphatic rings. The van der Waals surface area contributed by atoms with Crippen molar-refractivity contribution in [2.75, 3.05) is 33.4 Å². The van der Waals surface area contributed by atoms with Gasteiger partial charge in [0.25, 0.3) is 5.91 Å². The average Bonchev–Trinajstić information content (AvgIpc) is 3.33. The van der Waals surface area contributed by atoms with Crippen molar-refractivity contribution in [1.82, 2.24) is 25.0 Å². The molecule has 0 saturated carbocycles. The van der Waals surface area contributed by atoms with Crippen LogP contribution in [0.3, 0.4) is 0 Å². The zero-order valence-electron chi connectivity index (χ0n) is 19.9. The van der Waals surface area contributed by atoms with Crippen LogP contribution in [0.25, 0.3) is 5.82 Å². The van der Waals surface area contributed by atoms with Crippen LogP contribution in [0.15, 0.2) is 54.9 Å². The second-order valence-corrected chi connectivity index (χ2v) is 8.46. The van der Waals surface area contributed by atoms with E-state index in [-0.39, 0.29) is 5.91 Å². The van der Waals surface area contributed by atoms with Gasteiger partial charge < -0.3 is 14.8 Å². The summed E-state index contributed by atoms with van der Waals surface area (Å²) in [5.74, 6) is 1.36. The van der Waals surface area contributed by atoms with E-state index in [1.807, 2.05) is 49.4 Å². The first-order valence-electron chi connectivity index (χ1n) is 11.9. The standard InChI is InChI=1S/C26H33N5O3/c1-3-24-23(19-29-31(24)25-9-4-5-12-27-25)26(32)28-18-20-7-6-8-22(17-20)34-16-13-30(2)21-10-14-33-15-11-21/h4-9,12,17,19,21H,3,10-11,13-16,18H2,1-2H3,(H,28,32). The highest BCUT2D eigenvalue weighted by molar-refractivity contribution is 5.95. The lowest BCUT2D eigenvalue weighted by atomic mass is 10.1. The number of pyridine rings is 1. The number of amides is 1. The normalized spacial score (nSPS) is 14.3. The molecular weight excluding hydrogens is 430 g/mol. The summed E-state index contributed by atoms with van der Waals surface area (Å²) >= 11 is 0. The lowest BCUT2D eigenvalue weighted by Crippen LogP contribution is -2.38. The van der Waals surface area contributed by atoms with Crippen molar-refractivity contribution in [2.24, 2.45) is 0 Å². The fourth-order valence-electron chi connectivity index (χ4n) is 4.22. The van der Waals surface area contributed by atoms with Gasteiger partial charge in [-0.2, -0.15) is 5.10 Å². The molecule has 8 heteroatoms. The summed E-state index contributed by atoms with van der Waals surface area (Å²) in [6.07, 6.45) is 6.15. The molecule has 2 aromatic heterocycles. The molecule has 34 heavy (non-hydrogen) atoms. The van der Waals surface area contributed by atoms with E-state index in [9.17, 15) is 4.79 Å². The quantitative estimate of drug-likeness (QED) is 0.497. The molecule has 1 saturated heterocycles. The number of hydrogen-bond donors (Lipinski definition) is 1. The monoisotopic (exact) mass is 463 g/mol. The molecule has 8 nitrogen and oxygen atoms in total. The van der Waals surface area contributed by atoms with E-state index in [2.05, 4.69) is 27.3 Å². The van der Waals surface area contributed by atoms with E-state index >= 15 is 0 Å². The lowest BCUT2D eigenvalue weighted by molar-refractivity contribution is 0.0392. The Morgan fingerprint density at radius 2 is 2.09 bits per heavy atom. The van der Waals surface area contributed by atoms with Crippen molar-refractivity contribution in [3.8, 4) is 11.6 Å². The number of rotatable bonds is 10. The number of aromatic nitrogens is 3. The van der Waals surface area contributed by atoms with Crippen LogP contribution in [0.5, 0.6) is 5.75 Å². The predicted octanol–water partition coefficient (Wildman–Crippen LogP) is 3.25. The first-order valence-corrected chi connectivity index (χ1v) is 11.9. The van der Waals surface area contributed by atoms with Crippen LogP contribution in [0.2, 0.25) is 0 Å².